The van der Waals surface area contributed by atoms with Crippen LogP contribution in [0.1, 0.15) is 10.4 Å². The Balaban J connectivity index is 2.26. The molecule has 0 saturated carbocycles. The average molecular weight is 391 g/mol. The Bertz CT molecular complexity index is 606. The first-order valence-corrected chi connectivity index (χ1v) is 6.77. The van der Waals surface area contributed by atoms with Crippen molar-refractivity contribution in [3.63, 3.8) is 0 Å². The number of hydrogen-bond donors (Lipinski definition) is 1. The fourth-order valence-electron chi connectivity index (χ4n) is 1.45. The first-order valence-electron chi connectivity index (χ1n) is 5.19. The summed E-state index contributed by atoms with van der Waals surface area (Å²) in [7, 11) is 0. The molecule has 1 amide bonds. The summed E-state index contributed by atoms with van der Waals surface area (Å²) in [4.78, 5) is 11.8. The number of halogens is 4. The van der Waals surface area contributed by atoms with Gasteiger partial charge in [0.25, 0.3) is 5.91 Å². The lowest BCUT2D eigenvalue weighted by Gasteiger charge is -2.08. The van der Waals surface area contributed by atoms with Gasteiger partial charge >= 0.3 is 0 Å². The number of carbonyl (C=O) groups is 1. The molecule has 98 valence electrons. The van der Waals surface area contributed by atoms with E-state index in [0.717, 1.165) is 16.6 Å². The molecule has 0 saturated heterocycles. The van der Waals surface area contributed by atoms with Crippen LogP contribution in [-0.4, -0.2) is 5.91 Å². The maximum atomic E-state index is 13.6. The van der Waals surface area contributed by atoms with Gasteiger partial charge in [-0.1, -0.05) is 31.9 Å². The Hall–Kier alpha value is -1.27. The van der Waals surface area contributed by atoms with E-state index in [4.69, 9.17) is 0 Å². The molecule has 0 aliphatic rings. The van der Waals surface area contributed by atoms with Crippen molar-refractivity contribution >= 4 is 43.5 Å². The largest absolute Gasteiger partial charge is 0.317 e. The normalized spacial score (nSPS) is 10.3. The molecule has 0 radical (unpaired) electrons. The number of rotatable bonds is 2. The van der Waals surface area contributed by atoms with Gasteiger partial charge in [0, 0.05) is 14.5 Å². The fraction of sp³-hybridized carbons (Fsp3) is 0. The Morgan fingerprint density at radius 2 is 1.47 bits per heavy atom. The van der Waals surface area contributed by atoms with Crippen molar-refractivity contribution in [2.24, 2.45) is 0 Å². The van der Waals surface area contributed by atoms with Crippen LogP contribution in [0.5, 0.6) is 0 Å². The van der Waals surface area contributed by atoms with E-state index in [1.54, 1.807) is 24.3 Å². The molecule has 0 heterocycles. The lowest BCUT2D eigenvalue weighted by atomic mass is 10.2. The molecular formula is C13H7Br2F2NO. The van der Waals surface area contributed by atoms with Gasteiger partial charge in [0.15, 0.2) is 11.6 Å². The van der Waals surface area contributed by atoms with Gasteiger partial charge in [0.05, 0.1) is 0 Å². The van der Waals surface area contributed by atoms with Crippen LogP contribution in [-0.2, 0) is 0 Å². The number of benzene rings is 2. The first-order chi connectivity index (χ1) is 8.97. The SMILES string of the molecule is O=C(Nc1c(F)cc(Br)cc1F)c1ccc(Br)cc1. The van der Waals surface area contributed by atoms with Gasteiger partial charge in [0.1, 0.15) is 5.69 Å². The smallest absolute Gasteiger partial charge is 0.255 e. The monoisotopic (exact) mass is 389 g/mol. The molecule has 2 rings (SSSR count). The fourth-order valence-corrected chi connectivity index (χ4v) is 2.11. The highest BCUT2D eigenvalue weighted by atomic mass is 79.9. The van der Waals surface area contributed by atoms with Crippen LogP contribution in [0.15, 0.2) is 45.3 Å². The Morgan fingerprint density at radius 1 is 0.947 bits per heavy atom. The molecule has 19 heavy (non-hydrogen) atoms. The zero-order valence-electron chi connectivity index (χ0n) is 9.38. The van der Waals surface area contributed by atoms with Crippen LogP contribution >= 0.6 is 31.9 Å². The van der Waals surface area contributed by atoms with Gasteiger partial charge < -0.3 is 5.32 Å². The molecule has 0 bridgehead atoms. The Morgan fingerprint density at radius 3 is 2.00 bits per heavy atom. The van der Waals surface area contributed by atoms with E-state index in [1.165, 1.54) is 0 Å². The van der Waals surface area contributed by atoms with E-state index < -0.39 is 23.2 Å². The molecule has 0 atom stereocenters. The van der Waals surface area contributed by atoms with Crippen molar-refractivity contribution in [1.82, 2.24) is 0 Å². The van der Waals surface area contributed by atoms with Gasteiger partial charge in [-0.3, -0.25) is 4.79 Å². The molecule has 0 fully saturated rings. The maximum Gasteiger partial charge on any atom is 0.255 e. The van der Waals surface area contributed by atoms with Crippen molar-refractivity contribution in [3.8, 4) is 0 Å². The van der Waals surface area contributed by atoms with Crippen molar-refractivity contribution in [3.05, 3.63) is 62.5 Å². The molecule has 2 aromatic rings. The minimum absolute atomic E-state index is 0.268. The molecule has 0 aliphatic heterocycles. The second-order valence-electron chi connectivity index (χ2n) is 3.71. The van der Waals surface area contributed by atoms with E-state index in [-0.39, 0.29) is 4.47 Å². The number of hydrogen-bond acceptors (Lipinski definition) is 1. The van der Waals surface area contributed by atoms with E-state index in [0.29, 0.717) is 5.56 Å². The third-order valence-electron chi connectivity index (χ3n) is 2.35. The molecule has 2 nitrogen and oxygen atoms in total. The van der Waals surface area contributed by atoms with E-state index in [2.05, 4.69) is 37.2 Å². The van der Waals surface area contributed by atoms with E-state index >= 15 is 0 Å². The molecule has 0 unspecified atom stereocenters. The predicted octanol–water partition coefficient (Wildman–Crippen LogP) is 4.74. The van der Waals surface area contributed by atoms with Gasteiger partial charge in [-0.05, 0) is 36.4 Å². The standard InChI is InChI=1S/C13H7Br2F2NO/c14-8-3-1-7(2-4-8)13(19)18-12-10(16)5-9(15)6-11(12)17/h1-6H,(H,18,19). The molecular weight excluding hydrogens is 384 g/mol. The minimum Gasteiger partial charge on any atom is -0.317 e. The minimum atomic E-state index is -0.836. The van der Waals surface area contributed by atoms with Crippen LogP contribution < -0.4 is 5.32 Å². The highest BCUT2D eigenvalue weighted by Crippen LogP contribution is 2.24. The van der Waals surface area contributed by atoms with Crippen molar-refractivity contribution in [2.75, 3.05) is 5.32 Å². The maximum absolute atomic E-state index is 13.6. The zero-order chi connectivity index (χ0) is 14.0. The van der Waals surface area contributed by atoms with Crippen molar-refractivity contribution in [2.45, 2.75) is 0 Å². The lowest BCUT2D eigenvalue weighted by Crippen LogP contribution is -2.14. The van der Waals surface area contributed by atoms with Crippen LogP contribution in [0.2, 0.25) is 0 Å². The third-order valence-corrected chi connectivity index (χ3v) is 3.34. The zero-order valence-corrected chi connectivity index (χ0v) is 12.6. The topological polar surface area (TPSA) is 29.1 Å². The van der Waals surface area contributed by atoms with Crippen LogP contribution in [0.25, 0.3) is 0 Å². The van der Waals surface area contributed by atoms with Gasteiger partial charge in [-0.15, -0.1) is 0 Å². The molecule has 0 aliphatic carbocycles. The summed E-state index contributed by atoms with van der Waals surface area (Å²) in [6.07, 6.45) is 0. The molecule has 6 heteroatoms. The molecule has 0 spiro atoms. The Kier molecular flexibility index (Phi) is 4.31. The predicted molar refractivity (Wildman–Crippen MR) is 76.2 cm³/mol. The summed E-state index contributed by atoms with van der Waals surface area (Å²) in [5.41, 5.74) is -0.152. The lowest BCUT2D eigenvalue weighted by molar-refractivity contribution is 0.102. The average Bonchev–Trinajstić information content (AvgIpc) is 2.34. The number of nitrogens with one attached hydrogen (secondary N) is 1. The van der Waals surface area contributed by atoms with Gasteiger partial charge in [0.2, 0.25) is 0 Å². The Labute approximate surface area is 125 Å². The van der Waals surface area contributed by atoms with Crippen LogP contribution in [0.3, 0.4) is 0 Å². The first kappa shape index (κ1) is 14.1. The second-order valence-corrected chi connectivity index (χ2v) is 5.54. The number of amides is 1. The summed E-state index contributed by atoms with van der Waals surface area (Å²) < 4.78 is 28.2. The third kappa shape index (κ3) is 3.39. The summed E-state index contributed by atoms with van der Waals surface area (Å²) in [5, 5.41) is 2.22. The van der Waals surface area contributed by atoms with Crippen LogP contribution in [0.4, 0.5) is 14.5 Å². The van der Waals surface area contributed by atoms with Crippen LogP contribution in [0, 0.1) is 11.6 Å². The quantitative estimate of drug-likeness (QED) is 0.788. The van der Waals surface area contributed by atoms with Gasteiger partial charge in [-0.2, -0.15) is 0 Å². The second kappa shape index (κ2) is 5.79. The highest BCUT2D eigenvalue weighted by Gasteiger charge is 2.14. The molecule has 1 N–H and O–H groups in total. The van der Waals surface area contributed by atoms with Gasteiger partial charge in [-0.25, -0.2) is 8.78 Å². The highest BCUT2D eigenvalue weighted by molar-refractivity contribution is 9.10. The van der Waals surface area contributed by atoms with Crippen molar-refractivity contribution in [1.29, 1.82) is 0 Å². The molecule has 0 aromatic heterocycles. The van der Waals surface area contributed by atoms with Crippen molar-refractivity contribution < 1.29 is 13.6 Å². The number of carbonyl (C=O) groups excluding carboxylic acids is 1. The summed E-state index contributed by atoms with van der Waals surface area (Å²) in [5.74, 6) is -2.25. The molecule has 2 aromatic carbocycles. The summed E-state index contributed by atoms with van der Waals surface area (Å²) in [6, 6.07) is 8.61. The van der Waals surface area contributed by atoms with E-state index in [9.17, 15) is 13.6 Å². The summed E-state index contributed by atoms with van der Waals surface area (Å²) in [6.45, 7) is 0. The number of anilines is 1. The van der Waals surface area contributed by atoms with E-state index in [1.807, 2.05) is 0 Å². The summed E-state index contributed by atoms with van der Waals surface area (Å²) >= 11 is 6.20.